The van der Waals surface area contributed by atoms with Crippen molar-refractivity contribution in [1.82, 2.24) is 10.2 Å². The number of aliphatic hydroxyl groups is 1. The molecule has 1 heterocycles. The molecule has 1 aliphatic heterocycles. The van der Waals surface area contributed by atoms with Gasteiger partial charge in [-0.15, -0.1) is 0 Å². The molecule has 0 aromatic heterocycles. The second kappa shape index (κ2) is 7.46. The van der Waals surface area contributed by atoms with Gasteiger partial charge >= 0.3 is 0 Å². The third-order valence-electron chi connectivity index (χ3n) is 3.95. The average molecular weight is 256 g/mol. The third kappa shape index (κ3) is 5.68. The molecule has 1 fully saturated rings. The first kappa shape index (κ1) is 15.9. The van der Waals surface area contributed by atoms with Gasteiger partial charge in [-0.2, -0.15) is 0 Å². The zero-order valence-corrected chi connectivity index (χ0v) is 12.7. The predicted octanol–water partition coefficient (Wildman–Crippen LogP) is 2.25. The van der Waals surface area contributed by atoms with Gasteiger partial charge in [0.1, 0.15) is 0 Å². The molecule has 0 bridgehead atoms. The zero-order chi connectivity index (χ0) is 13.6. The summed E-state index contributed by atoms with van der Waals surface area (Å²) in [6.07, 6.45) is 4.34. The van der Waals surface area contributed by atoms with Gasteiger partial charge < -0.3 is 15.3 Å². The highest BCUT2D eigenvalue weighted by Crippen LogP contribution is 2.25. The standard InChI is InChI=1S/C15H32N2O/c1-5-8-15(4,11-16-13(2)3)12-17-9-6-14(18)7-10-17/h13-14,16,18H,5-12H2,1-4H3. The van der Waals surface area contributed by atoms with Crippen molar-refractivity contribution in [2.75, 3.05) is 26.2 Å². The number of aliphatic hydroxyl groups excluding tert-OH is 1. The number of nitrogens with zero attached hydrogens (tertiary/aromatic N) is 1. The lowest BCUT2D eigenvalue weighted by Gasteiger charge is -2.39. The lowest BCUT2D eigenvalue weighted by Crippen LogP contribution is -2.46. The Morgan fingerprint density at radius 2 is 1.94 bits per heavy atom. The smallest absolute Gasteiger partial charge is 0.0564 e. The van der Waals surface area contributed by atoms with E-state index in [1.165, 1.54) is 12.8 Å². The maximum Gasteiger partial charge on any atom is 0.0564 e. The summed E-state index contributed by atoms with van der Waals surface area (Å²) in [5, 5.41) is 13.2. The first-order valence-corrected chi connectivity index (χ1v) is 7.59. The van der Waals surface area contributed by atoms with Crippen molar-refractivity contribution in [2.24, 2.45) is 5.41 Å². The average Bonchev–Trinajstić information content (AvgIpc) is 2.30. The van der Waals surface area contributed by atoms with Crippen molar-refractivity contribution in [3.05, 3.63) is 0 Å². The SMILES string of the molecule is CCCC(C)(CNC(C)C)CN1CCC(O)CC1. The molecule has 1 saturated heterocycles. The number of rotatable bonds is 7. The monoisotopic (exact) mass is 256 g/mol. The minimum Gasteiger partial charge on any atom is -0.393 e. The molecule has 18 heavy (non-hydrogen) atoms. The fourth-order valence-electron chi connectivity index (χ4n) is 2.89. The summed E-state index contributed by atoms with van der Waals surface area (Å²) < 4.78 is 0. The summed E-state index contributed by atoms with van der Waals surface area (Å²) in [6, 6.07) is 0.560. The lowest BCUT2D eigenvalue weighted by molar-refractivity contribution is 0.0568. The molecule has 1 rings (SSSR count). The van der Waals surface area contributed by atoms with Crippen molar-refractivity contribution < 1.29 is 5.11 Å². The van der Waals surface area contributed by atoms with Crippen LogP contribution in [-0.4, -0.2) is 48.3 Å². The second-order valence-corrected chi connectivity index (χ2v) is 6.60. The van der Waals surface area contributed by atoms with Gasteiger partial charge in [-0.1, -0.05) is 34.1 Å². The minimum absolute atomic E-state index is 0.0625. The summed E-state index contributed by atoms with van der Waals surface area (Å²) in [4.78, 5) is 2.53. The molecule has 0 amide bonds. The Labute approximate surface area is 113 Å². The van der Waals surface area contributed by atoms with Gasteiger partial charge in [0.05, 0.1) is 6.10 Å². The molecule has 0 saturated carbocycles. The van der Waals surface area contributed by atoms with Crippen LogP contribution in [0.5, 0.6) is 0 Å². The second-order valence-electron chi connectivity index (χ2n) is 6.60. The summed E-state index contributed by atoms with van der Waals surface area (Å²) in [6.45, 7) is 13.5. The number of piperidine rings is 1. The Kier molecular flexibility index (Phi) is 6.61. The molecule has 3 nitrogen and oxygen atoms in total. The predicted molar refractivity (Wildman–Crippen MR) is 77.8 cm³/mol. The van der Waals surface area contributed by atoms with E-state index >= 15 is 0 Å². The van der Waals surface area contributed by atoms with Gasteiger partial charge in [0.2, 0.25) is 0 Å². The molecule has 108 valence electrons. The molecule has 0 spiro atoms. The van der Waals surface area contributed by atoms with Crippen LogP contribution in [0.1, 0.15) is 53.4 Å². The van der Waals surface area contributed by atoms with Crippen LogP contribution in [0, 0.1) is 5.41 Å². The fourth-order valence-corrected chi connectivity index (χ4v) is 2.89. The number of nitrogens with one attached hydrogen (secondary N) is 1. The highest BCUT2D eigenvalue weighted by atomic mass is 16.3. The third-order valence-corrected chi connectivity index (χ3v) is 3.95. The van der Waals surface area contributed by atoms with E-state index in [2.05, 4.69) is 37.9 Å². The van der Waals surface area contributed by atoms with Crippen molar-refractivity contribution >= 4 is 0 Å². The Morgan fingerprint density at radius 1 is 1.33 bits per heavy atom. The van der Waals surface area contributed by atoms with Gasteiger partial charge in [-0.3, -0.25) is 0 Å². The van der Waals surface area contributed by atoms with Crippen LogP contribution in [0.3, 0.4) is 0 Å². The van der Waals surface area contributed by atoms with Crippen LogP contribution in [0.2, 0.25) is 0 Å². The van der Waals surface area contributed by atoms with E-state index in [-0.39, 0.29) is 6.10 Å². The van der Waals surface area contributed by atoms with Gasteiger partial charge in [-0.05, 0) is 24.7 Å². The molecule has 0 radical (unpaired) electrons. The van der Waals surface area contributed by atoms with Gasteiger partial charge in [0.25, 0.3) is 0 Å². The largest absolute Gasteiger partial charge is 0.393 e. The minimum atomic E-state index is -0.0625. The molecule has 0 aliphatic carbocycles. The van der Waals surface area contributed by atoms with Crippen LogP contribution in [0.25, 0.3) is 0 Å². The topological polar surface area (TPSA) is 35.5 Å². The van der Waals surface area contributed by atoms with Crippen LogP contribution in [0.4, 0.5) is 0 Å². The highest BCUT2D eigenvalue weighted by Gasteiger charge is 2.28. The molecule has 0 aromatic rings. The molecule has 3 heteroatoms. The van der Waals surface area contributed by atoms with Crippen LogP contribution in [0.15, 0.2) is 0 Å². The summed E-state index contributed by atoms with van der Waals surface area (Å²) in [5.74, 6) is 0. The lowest BCUT2D eigenvalue weighted by atomic mass is 9.84. The summed E-state index contributed by atoms with van der Waals surface area (Å²) in [5.41, 5.74) is 0.362. The van der Waals surface area contributed by atoms with Crippen molar-refractivity contribution in [1.29, 1.82) is 0 Å². The van der Waals surface area contributed by atoms with Crippen molar-refractivity contribution in [3.8, 4) is 0 Å². The van der Waals surface area contributed by atoms with Gasteiger partial charge in [0.15, 0.2) is 0 Å². The Bertz CT molecular complexity index is 225. The molecule has 2 N–H and O–H groups in total. The molecule has 1 aliphatic rings. The molecular formula is C15H32N2O. The normalized spacial score (nSPS) is 22.3. The van der Waals surface area contributed by atoms with Crippen molar-refractivity contribution in [2.45, 2.75) is 65.5 Å². The zero-order valence-electron chi connectivity index (χ0n) is 12.7. The van der Waals surface area contributed by atoms with Crippen LogP contribution < -0.4 is 5.32 Å². The number of hydrogen-bond donors (Lipinski definition) is 2. The molecule has 0 aromatic carbocycles. The maximum absolute atomic E-state index is 9.57. The number of hydrogen-bond acceptors (Lipinski definition) is 3. The molecule has 1 unspecified atom stereocenters. The highest BCUT2D eigenvalue weighted by molar-refractivity contribution is 4.83. The summed E-state index contributed by atoms with van der Waals surface area (Å²) in [7, 11) is 0. The van der Waals surface area contributed by atoms with Crippen molar-refractivity contribution in [3.63, 3.8) is 0 Å². The van der Waals surface area contributed by atoms with E-state index in [0.29, 0.717) is 11.5 Å². The van der Waals surface area contributed by atoms with E-state index in [0.717, 1.165) is 39.0 Å². The Hall–Kier alpha value is -0.120. The van der Waals surface area contributed by atoms with E-state index in [1.807, 2.05) is 0 Å². The summed E-state index contributed by atoms with van der Waals surface area (Å²) >= 11 is 0. The number of likely N-dealkylation sites (tertiary alicyclic amines) is 1. The fraction of sp³-hybridized carbons (Fsp3) is 1.00. The Morgan fingerprint density at radius 3 is 2.44 bits per heavy atom. The maximum atomic E-state index is 9.57. The van der Waals surface area contributed by atoms with Crippen LogP contribution >= 0.6 is 0 Å². The van der Waals surface area contributed by atoms with E-state index in [9.17, 15) is 5.11 Å². The quantitative estimate of drug-likeness (QED) is 0.733. The van der Waals surface area contributed by atoms with E-state index in [1.54, 1.807) is 0 Å². The van der Waals surface area contributed by atoms with Gasteiger partial charge in [-0.25, -0.2) is 0 Å². The first-order valence-electron chi connectivity index (χ1n) is 7.59. The molecule has 1 atom stereocenters. The first-order chi connectivity index (χ1) is 8.45. The van der Waals surface area contributed by atoms with Gasteiger partial charge in [0, 0.05) is 32.2 Å². The molecular weight excluding hydrogens is 224 g/mol. The van der Waals surface area contributed by atoms with E-state index < -0.39 is 0 Å². The van der Waals surface area contributed by atoms with E-state index in [4.69, 9.17) is 0 Å². The Balaban J connectivity index is 2.44. The van der Waals surface area contributed by atoms with Crippen LogP contribution in [-0.2, 0) is 0 Å².